The number of methoxy groups -OCH3 is 1. The van der Waals surface area contributed by atoms with Gasteiger partial charge in [-0.2, -0.15) is 8.78 Å². The largest absolute Gasteiger partial charge is 0.469 e. The van der Waals surface area contributed by atoms with Crippen molar-refractivity contribution in [3.05, 3.63) is 47.8 Å². The van der Waals surface area contributed by atoms with Gasteiger partial charge in [-0.1, -0.05) is 6.07 Å². The van der Waals surface area contributed by atoms with Gasteiger partial charge in [-0.05, 0) is 18.2 Å². The van der Waals surface area contributed by atoms with Crippen LogP contribution < -0.4 is 15.2 Å². The van der Waals surface area contributed by atoms with E-state index in [9.17, 15) is 13.6 Å². The van der Waals surface area contributed by atoms with Gasteiger partial charge in [-0.3, -0.25) is 9.78 Å². The van der Waals surface area contributed by atoms with E-state index in [-0.39, 0.29) is 30.0 Å². The molecule has 0 atom stereocenters. The van der Waals surface area contributed by atoms with Crippen LogP contribution in [0.1, 0.15) is 11.1 Å². The molecule has 0 spiro atoms. The highest BCUT2D eigenvalue weighted by atomic mass is 19.3. The third kappa shape index (κ3) is 4.39. The number of carbonyl (C=O) groups is 1. The fraction of sp³-hybridized carbons (Fsp3) is 0.250. The first-order valence-corrected chi connectivity index (χ1v) is 6.99. The third-order valence-electron chi connectivity index (χ3n) is 3.16. The minimum absolute atomic E-state index is 0.0143. The lowest BCUT2D eigenvalue weighted by Crippen LogP contribution is -2.09. The van der Waals surface area contributed by atoms with Crippen LogP contribution in [-0.2, 0) is 22.5 Å². The summed E-state index contributed by atoms with van der Waals surface area (Å²) < 4.78 is 39.8. The van der Waals surface area contributed by atoms with E-state index in [1.807, 2.05) is 0 Å². The van der Waals surface area contributed by atoms with Crippen molar-refractivity contribution < 1.29 is 27.8 Å². The van der Waals surface area contributed by atoms with Crippen molar-refractivity contribution in [2.75, 3.05) is 7.11 Å². The maximum atomic E-state index is 12.5. The topological polar surface area (TPSA) is 83.7 Å². The van der Waals surface area contributed by atoms with E-state index < -0.39 is 12.6 Å². The summed E-state index contributed by atoms with van der Waals surface area (Å²) in [6.45, 7) is -3.04. The zero-order valence-electron chi connectivity index (χ0n) is 12.9. The van der Waals surface area contributed by atoms with Crippen LogP contribution in [0.3, 0.4) is 0 Å². The van der Waals surface area contributed by atoms with Crippen molar-refractivity contribution in [2.45, 2.75) is 19.6 Å². The number of benzene rings is 1. The summed E-state index contributed by atoms with van der Waals surface area (Å²) in [5, 5.41) is 0. The number of hydrogen-bond acceptors (Lipinski definition) is 6. The number of ether oxygens (including phenoxy) is 3. The molecular weight excluding hydrogens is 322 g/mol. The van der Waals surface area contributed by atoms with Crippen LogP contribution in [0.4, 0.5) is 8.78 Å². The molecule has 0 fully saturated rings. The molecule has 128 valence electrons. The van der Waals surface area contributed by atoms with Gasteiger partial charge in [0.25, 0.3) is 0 Å². The van der Waals surface area contributed by atoms with E-state index in [4.69, 9.17) is 10.5 Å². The lowest BCUT2D eigenvalue weighted by Gasteiger charge is -2.15. The Morgan fingerprint density at radius 1 is 1.25 bits per heavy atom. The van der Waals surface area contributed by atoms with Crippen molar-refractivity contribution in [1.29, 1.82) is 0 Å². The number of nitrogens with two attached hydrogens (primary N) is 1. The first-order valence-electron chi connectivity index (χ1n) is 6.99. The monoisotopic (exact) mass is 338 g/mol. The smallest absolute Gasteiger partial charge is 0.387 e. The molecule has 1 aromatic carbocycles. The number of carbonyl (C=O) groups excluding carboxylic acids is 1. The molecule has 2 rings (SSSR count). The van der Waals surface area contributed by atoms with Crippen molar-refractivity contribution in [2.24, 2.45) is 5.73 Å². The first kappa shape index (κ1) is 17.6. The van der Waals surface area contributed by atoms with Gasteiger partial charge in [0, 0.05) is 18.3 Å². The van der Waals surface area contributed by atoms with E-state index in [0.29, 0.717) is 11.3 Å². The predicted molar refractivity (Wildman–Crippen MR) is 81.0 cm³/mol. The molecule has 0 saturated carbocycles. The van der Waals surface area contributed by atoms with Gasteiger partial charge in [0.15, 0.2) is 0 Å². The number of pyridine rings is 1. The van der Waals surface area contributed by atoms with Crippen LogP contribution in [0.2, 0.25) is 0 Å². The average Bonchev–Trinajstić information content (AvgIpc) is 2.56. The lowest BCUT2D eigenvalue weighted by atomic mass is 10.1. The standard InChI is InChI=1S/C16H16F2N2O4/c1-22-15(21)7-10-5-6-20-9-14(10)23-12-3-2-4-13(11(12)8-19)24-16(17)18/h2-6,9,16H,7-8,19H2,1H3. The number of hydrogen-bond donors (Lipinski definition) is 1. The second-order valence-corrected chi connectivity index (χ2v) is 4.65. The Hall–Kier alpha value is -2.74. The molecule has 24 heavy (non-hydrogen) atoms. The van der Waals surface area contributed by atoms with E-state index >= 15 is 0 Å². The third-order valence-corrected chi connectivity index (χ3v) is 3.16. The molecule has 2 aromatic rings. The summed E-state index contributed by atoms with van der Waals surface area (Å²) in [4.78, 5) is 15.4. The Balaban J connectivity index is 2.33. The van der Waals surface area contributed by atoms with E-state index in [1.165, 1.54) is 31.6 Å². The van der Waals surface area contributed by atoms with Gasteiger partial charge >= 0.3 is 12.6 Å². The zero-order valence-corrected chi connectivity index (χ0v) is 12.9. The van der Waals surface area contributed by atoms with E-state index in [2.05, 4.69) is 14.5 Å². The summed E-state index contributed by atoms with van der Waals surface area (Å²) in [5.74, 6) is 0.0323. The molecular formula is C16H16F2N2O4. The van der Waals surface area contributed by atoms with Crippen LogP contribution in [0.15, 0.2) is 36.7 Å². The molecule has 0 unspecified atom stereocenters. The Labute approximate surface area is 137 Å². The minimum atomic E-state index is -2.97. The fourth-order valence-corrected chi connectivity index (χ4v) is 2.04. The SMILES string of the molecule is COC(=O)Cc1ccncc1Oc1cccc(OC(F)F)c1CN. The highest BCUT2D eigenvalue weighted by Crippen LogP contribution is 2.33. The number of esters is 1. The number of halogens is 2. The van der Waals surface area contributed by atoms with Crippen LogP contribution in [0.5, 0.6) is 17.2 Å². The summed E-state index contributed by atoms with van der Waals surface area (Å²) >= 11 is 0. The average molecular weight is 338 g/mol. The molecule has 6 nitrogen and oxygen atoms in total. The Bertz CT molecular complexity index is 710. The molecule has 2 N–H and O–H groups in total. The van der Waals surface area contributed by atoms with E-state index in [0.717, 1.165) is 0 Å². The fourth-order valence-electron chi connectivity index (χ4n) is 2.04. The minimum Gasteiger partial charge on any atom is -0.469 e. The lowest BCUT2D eigenvalue weighted by molar-refractivity contribution is -0.139. The van der Waals surface area contributed by atoms with Crippen LogP contribution in [-0.4, -0.2) is 24.7 Å². The van der Waals surface area contributed by atoms with Gasteiger partial charge in [0.1, 0.15) is 17.2 Å². The second kappa shape index (κ2) is 8.21. The number of aromatic nitrogens is 1. The van der Waals surface area contributed by atoms with Crippen molar-refractivity contribution >= 4 is 5.97 Å². The summed E-state index contributed by atoms with van der Waals surface area (Å²) in [5.41, 5.74) is 6.45. The van der Waals surface area contributed by atoms with Crippen molar-refractivity contribution in [1.82, 2.24) is 4.98 Å². The molecule has 0 aliphatic rings. The summed E-state index contributed by atoms with van der Waals surface area (Å²) in [6.07, 6.45) is 2.91. The Morgan fingerprint density at radius 2 is 2.00 bits per heavy atom. The summed E-state index contributed by atoms with van der Waals surface area (Å²) in [6, 6.07) is 6.05. The summed E-state index contributed by atoms with van der Waals surface area (Å²) in [7, 11) is 1.28. The Kier molecular flexibility index (Phi) is 6.02. The molecule has 1 heterocycles. The van der Waals surface area contributed by atoms with Crippen molar-refractivity contribution in [3.8, 4) is 17.2 Å². The molecule has 0 radical (unpaired) electrons. The first-order chi connectivity index (χ1) is 11.5. The number of alkyl halides is 2. The van der Waals surface area contributed by atoms with Gasteiger partial charge in [0.2, 0.25) is 0 Å². The van der Waals surface area contributed by atoms with E-state index in [1.54, 1.807) is 12.1 Å². The molecule has 0 saturated heterocycles. The molecule has 0 aliphatic carbocycles. The normalized spacial score (nSPS) is 10.5. The predicted octanol–water partition coefficient (Wildman–Crippen LogP) is 2.65. The zero-order chi connectivity index (χ0) is 17.5. The Morgan fingerprint density at radius 3 is 2.67 bits per heavy atom. The quantitative estimate of drug-likeness (QED) is 0.782. The molecule has 0 bridgehead atoms. The highest BCUT2D eigenvalue weighted by Gasteiger charge is 2.16. The van der Waals surface area contributed by atoms with Gasteiger partial charge in [0.05, 0.1) is 25.3 Å². The number of rotatable bonds is 7. The highest BCUT2D eigenvalue weighted by molar-refractivity contribution is 5.73. The van der Waals surface area contributed by atoms with Gasteiger partial charge in [-0.25, -0.2) is 0 Å². The van der Waals surface area contributed by atoms with Gasteiger partial charge in [-0.15, -0.1) is 0 Å². The van der Waals surface area contributed by atoms with Crippen LogP contribution in [0.25, 0.3) is 0 Å². The van der Waals surface area contributed by atoms with Crippen LogP contribution >= 0.6 is 0 Å². The molecule has 0 aliphatic heterocycles. The number of nitrogens with zero attached hydrogens (tertiary/aromatic N) is 1. The molecule has 0 amide bonds. The van der Waals surface area contributed by atoms with Crippen LogP contribution in [0, 0.1) is 0 Å². The molecule has 8 heteroatoms. The van der Waals surface area contributed by atoms with Gasteiger partial charge < -0.3 is 19.9 Å². The second-order valence-electron chi connectivity index (χ2n) is 4.65. The maximum absolute atomic E-state index is 12.5. The molecule has 1 aromatic heterocycles. The maximum Gasteiger partial charge on any atom is 0.387 e. The van der Waals surface area contributed by atoms with Crippen molar-refractivity contribution in [3.63, 3.8) is 0 Å².